The van der Waals surface area contributed by atoms with Crippen molar-refractivity contribution in [2.45, 2.75) is 28.7 Å². The van der Waals surface area contributed by atoms with Crippen LogP contribution in [0, 0.1) is 20.4 Å². The highest BCUT2D eigenvalue weighted by Crippen LogP contribution is 2.35. The van der Waals surface area contributed by atoms with E-state index in [2.05, 4.69) is 35.4 Å². The number of carbonyl (C=O) groups excluding carboxylic acids is 1. The summed E-state index contributed by atoms with van der Waals surface area (Å²) in [6.07, 6.45) is 2.79. The largest absolute Gasteiger partial charge is 0.503 e. The van der Waals surface area contributed by atoms with Crippen molar-refractivity contribution in [2.75, 3.05) is 10.6 Å². The second-order valence-electron chi connectivity index (χ2n) is 10.4. The number of hydrogen-bond acceptors (Lipinski definition) is 9. The van der Waals surface area contributed by atoms with Crippen LogP contribution in [0.1, 0.15) is 36.3 Å². The number of primary amides is 1. The molecule has 0 aliphatic carbocycles. The maximum Gasteiger partial charge on any atom is 0.248 e. The fourth-order valence-electron chi connectivity index (χ4n) is 4.40. The monoisotopic (exact) mass is 654 g/mol. The summed E-state index contributed by atoms with van der Waals surface area (Å²) in [5.74, 6) is 0.0672. The minimum atomic E-state index is -0.493. The Morgan fingerprint density at radius 2 is 1.02 bits per heavy atom. The lowest BCUT2D eigenvalue weighted by Gasteiger charge is -2.10. The van der Waals surface area contributed by atoms with Crippen LogP contribution in [0.4, 0.5) is 28.7 Å². The molecule has 11 nitrogen and oxygen atoms in total. The summed E-state index contributed by atoms with van der Waals surface area (Å²) in [6, 6.07) is 28.9. The van der Waals surface area contributed by atoms with Crippen LogP contribution in [0.2, 0.25) is 0 Å². The molecule has 49 heavy (non-hydrogen) atoms. The molecule has 0 spiro atoms. The molecule has 0 aliphatic rings. The second kappa shape index (κ2) is 16.7. The van der Waals surface area contributed by atoms with Crippen LogP contribution in [-0.4, -0.2) is 36.1 Å². The fourth-order valence-corrected chi connectivity index (χ4v) is 4.40. The molecule has 0 fully saturated rings. The average Bonchev–Trinajstić information content (AvgIpc) is 3.08. The summed E-state index contributed by atoms with van der Waals surface area (Å²) in [5.41, 5.74) is 12.4. The Labute approximate surface area is 286 Å². The van der Waals surface area contributed by atoms with Crippen LogP contribution < -0.4 is 16.4 Å². The van der Waals surface area contributed by atoms with Gasteiger partial charge in [-0.15, -0.1) is 0 Å². The Balaban J connectivity index is 0.000000255. The lowest BCUT2D eigenvalue weighted by molar-refractivity contribution is 0.100. The van der Waals surface area contributed by atoms with Crippen LogP contribution in [-0.2, 0) is 0 Å². The van der Waals surface area contributed by atoms with Gasteiger partial charge < -0.3 is 26.6 Å². The molecule has 2 heterocycles. The van der Waals surface area contributed by atoms with Gasteiger partial charge in [-0.3, -0.25) is 4.79 Å². The van der Waals surface area contributed by atoms with Gasteiger partial charge in [0.15, 0.2) is 28.8 Å². The van der Waals surface area contributed by atoms with E-state index in [0.717, 1.165) is 27.9 Å². The molecule has 0 saturated heterocycles. The first-order chi connectivity index (χ1) is 22.7. The van der Waals surface area contributed by atoms with Crippen LogP contribution in [0.5, 0.6) is 11.5 Å². The van der Waals surface area contributed by atoms with Crippen LogP contribution >= 0.6 is 0 Å². The number of nitrogens with zero attached hydrogens (tertiary/aromatic N) is 5. The standard InChI is InChI=1S/C18H16N4O2.C18H14N4O.2CH4/c1-11-2-4-12(5-3-11)15-16(23)18(21-10-20-15)22-14-8-6-13(7-9-14)17(19)24;1-12-3-5-13(6-4-12)16-17(23)18(21-11-20-16)22-15-9-7-14(19-2)8-10-15;;/h2-10,23H,1H3,(H2,19,24)(H,20,21,22);3-11,23H,1H3,(H,20,21,22);2*1H4. The zero-order valence-corrected chi connectivity index (χ0v) is 25.5. The van der Waals surface area contributed by atoms with Gasteiger partial charge in [0.25, 0.3) is 0 Å². The van der Waals surface area contributed by atoms with E-state index in [-0.39, 0.29) is 32.2 Å². The van der Waals surface area contributed by atoms with Gasteiger partial charge in [-0.25, -0.2) is 24.8 Å². The molecule has 0 bridgehead atoms. The van der Waals surface area contributed by atoms with Gasteiger partial charge in [0.2, 0.25) is 5.91 Å². The molecule has 6 aromatic rings. The van der Waals surface area contributed by atoms with Gasteiger partial charge >= 0.3 is 0 Å². The maximum atomic E-state index is 11.1. The summed E-state index contributed by atoms with van der Waals surface area (Å²) in [5, 5.41) is 26.9. The third-order valence-electron chi connectivity index (χ3n) is 6.99. The zero-order chi connectivity index (χ0) is 33.3. The number of aryl methyl sites for hydroxylation is 2. The number of benzene rings is 4. The number of aromatic nitrogens is 4. The lowest BCUT2D eigenvalue weighted by Crippen LogP contribution is -2.10. The molecular formula is C38H38N8O3. The predicted octanol–water partition coefficient (Wildman–Crippen LogP) is 8.72. The van der Waals surface area contributed by atoms with Crippen molar-refractivity contribution in [1.29, 1.82) is 0 Å². The highest BCUT2D eigenvalue weighted by atomic mass is 16.3. The molecule has 248 valence electrons. The van der Waals surface area contributed by atoms with Crippen molar-refractivity contribution in [3.05, 3.63) is 138 Å². The highest BCUT2D eigenvalue weighted by molar-refractivity contribution is 5.93. The number of carbonyl (C=O) groups is 1. The van der Waals surface area contributed by atoms with E-state index in [1.807, 2.05) is 62.4 Å². The second-order valence-corrected chi connectivity index (χ2v) is 10.4. The Bertz CT molecular complexity index is 2040. The quantitative estimate of drug-likeness (QED) is 0.106. The van der Waals surface area contributed by atoms with Crippen molar-refractivity contribution in [3.8, 4) is 34.0 Å². The van der Waals surface area contributed by atoms with Gasteiger partial charge in [-0.1, -0.05) is 86.6 Å². The van der Waals surface area contributed by atoms with Gasteiger partial charge in [0, 0.05) is 28.1 Å². The molecule has 6 N–H and O–H groups in total. The summed E-state index contributed by atoms with van der Waals surface area (Å²) < 4.78 is 0. The maximum absolute atomic E-state index is 11.1. The van der Waals surface area contributed by atoms with Crippen LogP contribution in [0.3, 0.4) is 0 Å². The summed E-state index contributed by atoms with van der Waals surface area (Å²) in [4.78, 5) is 30.9. The van der Waals surface area contributed by atoms with Crippen molar-refractivity contribution >= 4 is 34.6 Å². The first-order valence-electron chi connectivity index (χ1n) is 14.3. The Morgan fingerprint density at radius 1 is 0.633 bits per heavy atom. The minimum Gasteiger partial charge on any atom is -0.503 e. The number of nitrogens with two attached hydrogens (primary N) is 1. The van der Waals surface area contributed by atoms with Crippen molar-refractivity contribution in [3.63, 3.8) is 0 Å². The Morgan fingerprint density at radius 3 is 1.39 bits per heavy atom. The highest BCUT2D eigenvalue weighted by Gasteiger charge is 2.14. The molecule has 0 atom stereocenters. The molecule has 0 unspecified atom stereocenters. The summed E-state index contributed by atoms with van der Waals surface area (Å²) >= 11 is 0. The number of hydrogen-bond donors (Lipinski definition) is 5. The molecule has 6 rings (SSSR count). The average molecular weight is 655 g/mol. The van der Waals surface area contributed by atoms with E-state index >= 15 is 0 Å². The number of anilines is 4. The summed E-state index contributed by atoms with van der Waals surface area (Å²) in [7, 11) is 0. The SMILES string of the molecule is C.C.Cc1ccc(-c2ncnc(Nc3ccc(C(N)=O)cc3)c2O)cc1.[C-]#[N+]c1ccc(Nc2ncnc(-c3ccc(C)cc3)c2O)cc1. The third kappa shape index (κ3) is 9.15. The minimum absolute atomic E-state index is 0. The first-order valence-corrected chi connectivity index (χ1v) is 14.3. The van der Waals surface area contributed by atoms with Gasteiger partial charge in [-0.05, 0) is 50.2 Å². The predicted molar refractivity (Wildman–Crippen MR) is 195 cm³/mol. The van der Waals surface area contributed by atoms with Crippen molar-refractivity contribution in [1.82, 2.24) is 19.9 Å². The first kappa shape index (κ1) is 36.7. The van der Waals surface area contributed by atoms with Gasteiger partial charge in [-0.2, -0.15) is 0 Å². The van der Waals surface area contributed by atoms with E-state index in [1.54, 1.807) is 48.5 Å². The van der Waals surface area contributed by atoms with Crippen molar-refractivity contribution < 1.29 is 15.0 Å². The molecular weight excluding hydrogens is 616 g/mol. The number of nitrogens with one attached hydrogen (secondary N) is 2. The third-order valence-corrected chi connectivity index (χ3v) is 6.99. The van der Waals surface area contributed by atoms with Gasteiger partial charge in [0.1, 0.15) is 24.0 Å². The van der Waals surface area contributed by atoms with E-state index in [4.69, 9.17) is 12.3 Å². The van der Waals surface area contributed by atoms with Crippen LogP contribution in [0.15, 0.2) is 110 Å². The number of amides is 1. The molecule has 1 amide bonds. The van der Waals surface area contributed by atoms with Crippen molar-refractivity contribution in [2.24, 2.45) is 5.73 Å². The molecule has 0 aliphatic heterocycles. The summed E-state index contributed by atoms with van der Waals surface area (Å²) in [6.45, 7) is 10.9. The van der Waals surface area contributed by atoms with E-state index in [1.165, 1.54) is 12.7 Å². The number of aromatic hydroxyl groups is 2. The molecule has 2 aromatic heterocycles. The lowest BCUT2D eigenvalue weighted by atomic mass is 10.1. The number of rotatable bonds is 7. The Kier molecular flexibility index (Phi) is 12.5. The fraction of sp³-hybridized carbons (Fsp3) is 0.105. The topological polar surface area (TPSA) is 164 Å². The molecule has 4 aromatic carbocycles. The van der Waals surface area contributed by atoms with E-state index in [9.17, 15) is 15.0 Å². The molecule has 11 heteroatoms. The van der Waals surface area contributed by atoms with Gasteiger partial charge in [0.05, 0.1) is 6.57 Å². The van der Waals surface area contributed by atoms with E-state index in [0.29, 0.717) is 34.1 Å². The zero-order valence-electron chi connectivity index (χ0n) is 25.5. The smallest absolute Gasteiger partial charge is 0.248 e. The Hall–Kier alpha value is -6.80. The van der Waals surface area contributed by atoms with Crippen LogP contribution in [0.25, 0.3) is 27.4 Å². The molecule has 0 saturated carbocycles. The van der Waals surface area contributed by atoms with E-state index < -0.39 is 5.91 Å². The normalized spacial score (nSPS) is 9.82. The molecule has 0 radical (unpaired) electrons.